The van der Waals surface area contributed by atoms with E-state index in [1.807, 2.05) is 19.9 Å². The highest BCUT2D eigenvalue weighted by atomic mass is 19.1. The van der Waals surface area contributed by atoms with Crippen molar-refractivity contribution in [2.75, 3.05) is 0 Å². The van der Waals surface area contributed by atoms with Crippen LogP contribution in [0, 0.1) is 23.3 Å². The molecular weight excluding hydrogens is 340 g/mol. The second kappa shape index (κ2) is 9.56. The molecule has 0 saturated carbocycles. The predicted molar refractivity (Wildman–Crippen MR) is 98.1 cm³/mol. The number of aryl methyl sites for hydroxylation is 1. The molecule has 0 saturated heterocycles. The summed E-state index contributed by atoms with van der Waals surface area (Å²) in [6, 6.07) is 5.09. The maximum Gasteiger partial charge on any atom is 0.129 e. The van der Waals surface area contributed by atoms with Gasteiger partial charge in [0.1, 0.15) is 23.3 Å². The molecule has 0 fully saturated rings. The molecule has 2 aromatic carbocycles. The van der Waals surface area contributed by atoms with Crippen molar-refractivity contribution in [1.29, 1.82) is 0 Å². The maximum atomic E-state index is 14.2. The van der Waals surface area contributed by atoms with E-state index in [-0.39, 0.29) is 24.0 Å². The van der Waals surface area contributed by atoms with Crippen LogP contribution in [-0.2, 0) is 19.3 Å². The lowest BCUT2D eigenvalue weighted by molar-refractivity contribution is 0.545. The third kappa shape index (κ3) is 5.20. The topological polar surface area (TPSA) is 0 Å². The first-order chi connectivity index (χ1) is 12.5. The minimum Gasteiger partial charge on any atom is -0.207 e. The van der Waals surface area contributed by atoms with Crippen LogP contribution in [0.3, 0.4) is 0 Å². The number of benzene rings is 2. The van der Waals surface area contributed by atoms with Crippen molar-refractivity contribution < 1.29 is 17.6 Å². The van der Waals surface area contributed by atoms with Gasteiger partial charge in [-0.15, -0.1) is 0 Å². The van der Waals surface area contributed by atoms with Crippen LogP contribution in [0.4, 0.5) is 17.6 Å². The average molecular weight is 364 g/mol. The molecule has 26 heavy (non-hydrogen) atoms. The molecular formula is C22H24F4. The SMILES string of the molecule is CCCC=Cc1cc(F)c(CCc2cc(F)c(CCC)c(F)c2)c(F)c1. The molecule has 0 N–H and O–H groups in total. The number of hydrogen-bond donors (Lipinski definition) is 0. The fraction of sp³-hybridized carbons (Fsp3) is 0.364. The lowest BCUT2D eigenvalue weighted by Crippen LogP contribution is -2.02. The van der Waals surface area contributed by atoms with E-state index in [2.05, 4.69) is 0 Å². The Bertz CT molecular complexity index is 732. The zero-order chi connectivity index (χ0) is 19.1. The number of hydrogen-bond acceptors (Lipinski definition) is 0. The predicted octanol–water partition coefficient (Wildman–Crippen LogP) is 6.79. The molecule has 2 aromatic rings. The van der Waals surface area contributed by atoms with Crippen LogP contribution in [0.5, 0.6) is 0 Å². The average Bonchev–Trinajstić information content (AvgIpc) is 2.57. The normalized spacial score (nSPS) is 11.5. The third-order valence-electron chi connectivity index (χ3n) is 4.29. The van der Waals surface area contributed by atoms with Crippen LogP contribution in [0.1, 0.15) is 55.4 Å². The van der Waals surface area contributed by atoms with Crippen molar-refractivity contribution in [3.8, 4) is 0 Å². The monoisotopic (exact) mass is 364 g/mol. The summed E-state index contributed by atoms with van der Waals surface area (Å²) in [4.78, 5) is 0. The molecule has 0 heterocycles. The van der Waals surface area contributed by atoms with Gasteiger partial charge in [-0.3, -0.25) is 0 Å². The highest BCUT2D eigenvalue weighted by Gasteiger charge is 2.13. The molecule has 0 aromatic heterocycles. The van der Waals surface area contributed by atoms with Crippen molar-refractivity contribution in [2.24, 2.45) is 0 Å². The van der Waals surface area contributed by atoms with Gasteiger partial charge in [-0.1, -0.05) is 38.8 Å². The summed E-state index contributed by atoms with van der Waals surface area (Å²) in [6.45, 7) is 3.87. The fourth-order valence-corrected chi connectivity index (χ4v) is 2.90. The molecule has 0 radical (unpaired) electrons. The summed E-state index contributed by atoms with van der Waals surface area (Å²) in [5.41, 5.74) is 0.872. The minimum absolute atomic E-state index is 0.0443. The van der Waals surface area contributed by atoms with Crippen LogP contribution >= 0.6 is 0 Å². The maximum absolute atomic E-state index is 14.2. The molecule has 0 bridgehead atoms. The van der Waals surface area contributed by atoms with Gasteiger partial charge in [0, 0.05) is 11.1 Å². The molecule has 0 aliphatic heterocycles. The van der Waals surface area contributed by atoms with Gasteiger partial charge in [0.25, 0.3) is 0 Å². The van der Waals surface area contributed by atoms with E-state index < -0.39 is 23.3 Å². The summed E-state index contributed by atoms with van der Waals surface area (Å²) in [5.74, 6) is -2.47. The number of halogens is 4. The molecule has 4 heteroatoms. The van der Waals surface area contributed by atoms with Crippen LogP contribution < -0.4 is 0 Å². The van der Waals surface area contributed by atoms with Gasteiger partial charge in [-0.2, -0.15) is 0 Å². The van der Waals surface area contributed by atoms with Gasteiger partial charge in [0.05, 0.1) is 0 Å². The first kappa shape index (κ1) is 20.2. The quantitative estimate of drug-likeness (QED) is 0.452. The first-order valence-corrected chi connectivity index (χ1v) is 9.07. The lowest BCUT2D eigenvalue weighted by Gasteiger charge is -2.09. The summed E-state index contributed by atoms with van der Waals surface area (Å²) in [6.07, 6.45) is 6.55. The smallest absolute Gasteiger partial charge is 0.129 e. The Labute approximate surface area is 152 Å². The molecule has 0 unspecified atom stereocenters. The standard InChI is InChI=1S/C22H24F4/c1-3-5-6-8-15-11-21(25)18(22(26)12-15)10-9-16-13-19(23)17(7-4-2)20(24)14-16/h6,8,11-14H,3-5,7,9-10H2,1-2H3. The molecule has 0 aliphatic carbocycles. The zero-order valence-electron chi connectivity index (χ0n) is 15.2. The Morgan fingerprint density at radius 3 is 1.77 bits per heavy atom. The number of unbranched alkanes of at least 4 members (excludes halogenated alkanes) is 1. The number of rotatable bonds is 8. The fourth-order valence-electron chi connectivity index (χ4n) is 2.90. The van der Waals surface area contributed by atoms with Crippen LogP contribution in [-0.4, -0.2) is 0 Å². The van der Waals surface area contributed by atoms with E-state index in [0.717, 1.165) is 12.8 Å². The Hall–Kier alpha value is -2.10. The molecule has 0 spiro atoms. The van der Waals surface area contributed by atoms with Crippen molar-refractivity contribution in [3.63, 3.8) is 0 Å². The van der Waals surface area contributed by atoms with Crippen molar-refractivity contribution in [1.82, 2.24) is 0 Å². The summed E-state index contributed by atoms with van der Waals surface area (Å²) >= 11 is 0. The van der Waals surface area contributed by atoms with Crippen molar-refractivity contribution in [3.05, 3.63) is 75.9 Å². The lowest BCUT2D eigenvalue weighted by atomic mass is 9.99. The van der Waals surface area contributed by atoms with Crippen LogP contribution in [0.15, 0.2) is 30.3 Å². The highest BCUT2D eigenvalue weighted by Crippen LogP contribution is 2.22. The van der Waals surface area contributed by atoms with E-state index in [1.165, 1.54) is 24.3 Å². The van der Waals surface area contributed by atoms with Gasteiger partial charge >= 0.3 is 0 Å². The van der Waals surface area contributed by atoms with E-state index >= 15 is 0 Å². The first-order valence-electron chi connectivity index (χ1n) is 9.07. The van der Waals surface area contributed by atoms with E-state index in [0.29, 0.717) is 24.0 Å². The van der Waals surface area contributed by atoms with E-state index in [1.54, 1.807) is 6.08 Å². The zero-order valence-corrected chi connectivity index (χ0v) is 15.2. The molecule has 0 nitrogen and oxygen atoms in total. The Morgan fingerprint density at radius 1 is 0.692 bits per heavy atom. The molecule has 0 amide bonds. The van der Waals surface area contributed by atoms with Crippen molar-refractivity contribution >= 4 is 6.08 Å². The van der Waals surface area contributed by atoms with Crippen molar-refractivity contribution in [2.45, 2.75) is 52.4 Å². The van der Waals surface area contributed by atoms with Crippen LogP contribution in [0.2, 0.25) is 0 Å². The molecule has 2 rings (SSSR count). The second-order valence-electron chi connectivity index (χ2n) is 6.44. The van der Waals surface area contributed by atoms with Gasteiger partial charge < -0.3 is 0 Å². The summed E-state index contributed by atoms with van der Waals surface area (Å²) in [5, 5.41) is 0. The Morgan fingerprint density at radius 2 is 1.23 bits per heavy atom. The van der Waals surface area contributed by atoms with Gasteiger partial charge in [0.15, 0.2) is 0 Å². The number of allylic oxidation sites excluding steroid dienone is 1. The van der Waals surface area contributed by atoms with E-state index in [9.17, 15) is 17.6 Å². The third-order valence-corrected chi connectivity index (χ3v) is 4.29. The Kier molecular flexibility index (Phi) is 7.43. The Balaban J connectivity index is 2.14. The minimum atomic E-state index is -0.635. The van der Waals surface area contributed by atoms with Gasteiger partial charge in [-0.05, 0) is 61.1 Å². The van der Waals surface area contributed by atoms with Crippen LogP contribution in [0.25, 0.3) is 6.08 Å². The van der Waals surface area contributed by atoms with Gasteiger partial charge in [0.2, 0.25) is 0 Å². The molecule has 0 atom stereocenters. The van der Waals surface area contributed by atoms with Gasteiger partial charge in [-0.25, -0.2) is 17.6 Å². The summed E-state index contributed by atoms with van der Waals surface area (Å²) in [7, 11) is 0. The summed E-state index contributed by atoms with van der Waals surface area (Å²) < 4.78 is 56.4. The molecule has 0 aliphatic rings. The molecule has 140 valence electrons. The van der Waals surface area contributed by atoms with E-state index in [4.69, 9.17) is 0 Å². The highest BCUT2D eigenvalue weighted by molar-refractivity contribution is 5.50. The largest absolute Gasteiger partial charge is 0.207 e. The second-order valence-corrected chi connectivity index (χ2v) is 6.44.